The third-order valence-corrected chi connectivity index (χ3v) is 3.01. The van der Waals surface area contributed by atoms with E-state index >= 15 is 0 Å². The standard InChI is InChI=1S/C17H26O/c1-8-9-18-15-11-13(16(2,3)4)10-14(12-15)17(5,6)7/h8,10-12H,1,9H2,2-7H3. The zero-order chi connectivity index (χ0) is 14.0. The van der Waals surface area contributed by atoms with Gasteiger partial charge in [-0.1, -0.05) is 60.3 Å². The zero-order valence-electron chi connectivity index (χ0n) is 12.6. The molecule has 1 aromatic carbocycles. The molecule has 1 heteroatoms. The summed E-state index contributed by atoms with van der Waals surface area (Å²) in [5.74, 6) is 0.937. The largest absolute Gasteiger partial charge is 0.490 e. The van der Waals surface area contributed by atoms with Crippen LogP contribution in [-0.4, -0.2) is 6.61 Å². The van der Waals surface area contributed by atoms with Crippen LogP contribution in [0.1, 0.15) is 52.7 Å². The highest BCUT2D eigenvalue weighted by Crippen LogP contribution is 2.32. The minimum atomic E-state index is 0.132. The topological polar surface area (TPSA) is 9.23 Å². The molecule has 0 aliphatic carbocycles. The molecule has 18 heavy (non-hydrogen) atoms. The van der Waals surface area contributed by atoms with Gasteiger partial charge >= 0.3 is 0 Å². The number of ether oxygens (including phenoxy) is 1. The fraction of sp³-hybridized carbons (Fsp3) is 0.529. The van der Waals surface area contributed by atoms with Gasteiger partial charge in [0.1, 0.15) is 12.4 Å². The van der Waals surface area contributed by atoms with Gasteiger partial charge in [0.2, 0.25) is 0 Å². The second kappa shape index (κ2) is 5.17. The molecule has 0 amide bonds. The monoisotopic (exact) mass is 246 g/mol. The molecule has 0 aliphatic heterocycles. The predicted octanol–water partition coefficient (Wildman–Crippen LogP) is 4.85. The molecule has 0 unspecified atom stereocenters. The molecular weight excluding hydrogens is 220 g/mol. The van der Waals surface area contributed by atoms with E-state index in [0.717, 1.165) is 5.75 Å². The lowest BCUT2D eigenvalue weighted by Crippen LogP contribution is -2.16. The van der Waals surface area contributed by atoms with E-state index in [0.29, 0.717) is 6.61 Å². The van der Waals surface area contributed by atoms with Crippen molar-refractivity contribution in [2.75, 3.05) is 6.61 Å². The summed E-state index contributed by atoms with van der Waals surface area (Å²) < 4.78 is 5.71. The molecule has 0 aliphatic rings. The van der Waals surface area contributed by atoms with E-state index in [9.17, 15) is 0 Å². The van der Waals surface area contributed by atoms with Crippen molar-refractivity contribution in [1.29, 1.82) is 0 Å². The number of rotatable bonds is 3. The smallest absolute Gasteiger partial charge is 0.120 e. The molecule has 0 radical (unpaired) electrons. The van der Waals surface area contributed by atoms with E-state index in [4.69, 9.17) is 4.74 Å². The van der Waals surface area contributed by atoms with Crippen molar-refractivity contribution >= 4 is 0 Å². The van der Waals surface area contributed by atoms with Gasteiger partial charge in [-0.25, -0.2) is 0 Å². The zero-order valence-corrected chi connectivity index (χ0v) is 12.6. The summed E-state index contributed by atoms with van der Waals surface area (Å²) in [7, 11) is 0. The lowest BCUT2D eigenvalue weighted by atomic mass is 9.80. The third-order valence-electron chi connectivity index (χ3n) is 3.01. The Bertz CT molecular complexity index is 384. The van der Waals surface area contributed by atoms with Crippen LogP contribution in [0, 0.1) is 0 Å². The van der Waals surface area contributed by atoms with E-state index < -0.39 is 0 Å². The molecule has 0 atom stereocenters. The normalized spacial score (nSPS) is 12.3. The highest BCUT2D eigenvalue weighted by molar-refractivity contribution is 5.40. The Kier molecular flexibility index (Phi) is 4.26. The van der Waals surface area contributed by atoms with Gasteiger partial charge in [-0.2, -0.15) is 0 Å². The summed E-state index contributed by atoms with van der Waals surface area (Å²) in [6, 6.07) is 6.57. The summed E-state index contributed by atoms with van der Waals surface area (Å²) >= 11 is 0. The fourth-order valence-electron chi connectivity index (χ4n) is 1.70. The molecule has 1 nitrogen and oxygen atoms in total. The minimum absolute atomic E-state index is 0.132. The van der Waals surface area contributed by atoms with Crippen molar-refractivity contribution < 1.29 is 4.74 Å². The summed E-state index contributed by atoms with van der Waals surface area (Å²) in [6.45, 7) is 17.6. The SMILES string of the molecule is C=CCOc1cc(C(C)(C)C)cc(C(C)(C)C)c1. The third kappa shape index (κ3) is 3.90. The number of hydrogen-bond donors (Lipinski definition) is 0. The van der Waals surface area contributed by atoms with E-state index in [1.54, 1.807) is 6.08 Å². The van der Waals surface area contributed by atoms with Crippen LogP contribution in [0.15, 0.2) is 30.9 Å². The molecule has 0 aromatic heterocycles. The Morgan fingerprint density at radius 2 is 1.39 bits per heavy atom. The first-order valence-corrected chi connectivity index (χ1v) is 6.54. The van der Waals surface area contributed by atoms with E-state index in [-0.39, 0.29) is 10.8 Å². The quantitative estimate of drug-likeness (QED) is 0.693. The summed E-state index contributed by atoms with van der Waals surface area (Å²) in [5, 5.41) is 0. The molecular formula is C17H26O. The van der Waals surface area contributed by atoms with Crippen molar-refractivity contribution in [2.45, 2.75) is 52.4 Å². The van der Waals surface area contributed by atoms with Gasteiger partial charge in [-0.15, -0.1) is 0 Å². The van der Waals surface area contributed by atoms with Gasteiger partial charge in [-0.3, -0.25) is 0 Å². The van der Waals surface area contributed by atoms with Crippen LogP contribution in [0.3, 0.4) is 0 Å². The molecule has 1 rings (SSSR count). The summed E-state index contributed by atoms with van der Waals surface area (Å²) in [4.78, 5) is 0. The Balaban J connectivity index is 3.24. The van der Waals surface area contributed by atoms with Gasteiger partial charge in [-0.05, 0) is 34.1 Å². The average Bonchev–Trinajstić information content (AvgIpc) is 2.23. The Morgan fingerprint density at radius 3 is 1.72 bits per heavy atom. The fourth-order valence-corrected chi connectivity index (χ4v) is 1.70. The maximum absolute atomic E-state index is 5.71. The van der Waals surface area contributed by atoms with Crippen molar-refractivity contribution in [1.82, 2.24) is 0 Å². The predicted molar refractivity (Wildman–Crippen MR) is 79.5 cm³/mol. The Labute approximate surface area is 112 Å². The van der Waals surface area contributed by atoms with Gasteiger partial charge < -0.3 is 4.74 Å². The first-order valence-electron chi connectivity index (χ1n) is 6.54. The lowest BCUT2D eigenvalue weighted by Gasteiger charge is -2.26. The molecule has 100 valence electrons. The van der Waals surface area contributed by atoms with Crippen LogP contribution in [-0.2, 0) is 10.8 Å². The highest BCUT2D eigenvalue weighted by atomic mass is 16.5. The molecule has 0 bridgehead atoms. The highest BCUT2D eigenvalue weighted by Gasteiger charge is 2.20. The molecule has 1 aromatic rings. The van der Waals surface area contributed by atoms with Crippen LogP contribution in [0.2, 0.25) is 0 Å². The van der Waals surface area contributed by atoms with Crippen molar-refractivity contribution in [3.8, 4) is 5.75 Å². The van der Waals surface area contributed by atoms with Crippen LogP contribution < -0.4 is 4.74 Å². The van der Waals surface area contributed by atoms with Crippen molar-refractivity contribution in [3.63, 3.8) is 0 Å². The van der Waals surface area contributed by atoms with Crippen LogP contribution >= 0.6 is 0 Å². The van der Waals surface area contributed by atoms with E-state index in [1.807, 2.05) is 0 Å². The summed E-state index contributed by atoms with van der Waals surface area (Å²) in [5.41, 5.74) is 2.89. The van der Waals surface area contributed by atoms with Crippen LogP contribution in [0.4, 0.5) is 0 Å². The first-order chi connectivity index (χ1) is 8.14. The van der Waals surface area contributed by atoms with Gasteiger partial charge in [0, 0.05) is 0 Å². The second-order valence-corrected chi connectivity index (χ2v) is 6.85. The second-order valence-electron chi connectivity index (χ2n) is 6.85. The molecule has 0 saturated carbocycles. The Hall–Kier alpha value is -1.24. The van der Waals surface area contributed by atoms with Crippen LogP contribution in [0.5, 0.6) is 5.75 Å². The lowest BCUT2D eigenvalue weighted by molar-refractivity contribution is 0.360. The van der Waals surface area contributed by atoms with E-state index in [2.05, 4.69) is 66.3 Å². The Morgan fingerprint density at radius 1 is 0.944 bits per heavy atom. The van der Waals surface area contributed by atoms with E-state index in [1.165, 1.54) is 11.1 Å². The first kappa shape index (κ1) is 14.8. The number of benzene rings is 1. The number of hydrogen-bond acceptors (Lipinski definition) is 1. The molecule has 0 saturated heterocycles. The molecule has 0 heterocycles. The van der Waals surface area contributed by atoms with Gasteiger partial charge in [0.15, 0.2) is 0 Å². The maximum Gasteiger partial charge on any atom is 0.120 e. The van der Waals surface area contributed by atoms with Crippen LogP contribution in [0.25, 0.3) is 0 Å². The molecule has 0 spiro atoms. The maximum atomic E-state index is 5.71. The summed E-state index contributed by atoms with van der Waals surface area (Å²) in [6.07, 6.45) is 1.78. The van der Waals surface area contributed by atoms with Crippen molar-refractivity contribution in [3.05, 3.63) is 42.0 Å². The molecule has 0 fully saturated rings. The minimum Gasteiger partial charge on any atom is -0.490 e. The van der Waals surface area contributed by atoms with Gasteiger partial charge in [0.05, 0.1) is 0 Å². The average molecular weight is 246 g/mol. The molecule has 0 N–H and O–H groups in total. The van der Waals surface area contributed by atoms with Crippen molar-refractivity contribution in [2.24, 2.45) is 0 Å². The van der Waals surface area contributed by atoms with Gasteiger partial charge in [0.25, 0.3) is 0 Å².